The second kappa shape index (κ2) is 7.36. The normalized spacial score (nSPS) is 16.0. The molecule has 1 heterocycles. The molecule has 0 saturated carbocycles. The molecular formula is C18H17ClN2O3. The molecule has 3 rings (SSSR count). The highest BCUT2D eigenvalue weighted by Crippen LogP contribution is 2.24. The van der Waals surface area contributed by atoms with Crippen LogP contribution in [-0.2, 0) is 4.79 Å². The zero-order valence-corrected chi connectivity index (χ0v) is 13.9. The lowest BCUT2D eigenvalue weighted by atomic mass is 10.0. The molecule has 1 amide bonds. The Morgan fingerprint density at radius 2 is 2.12 bits per heavy atom. The first-order valence-corrected chi connectivity index (χ1v) is 8.02. The quantitative estimate of drug-likeness (QED) is 0.865. The smallest absolute Gasteiger partial charge is 0.280 e. The van der Waals surface area contributed by atoms with Crippen molar-refractivity contribution in [3.05, 3.63) is 59.1 Å². The first-order valence-electron chi connectivity index (χ1n) is 7.64. The number of amides is 1. The van der Waals surface area contributed by atoms with Crippen molar-refractivity contribution in [3.8, 4) is 11.5 Å². The second-order valence-electron chi connectivity index (χ2n) is 5.35. The molecule has 0 fully saturated rings. The van der Waals surface area contributed by atoms with Gasteiger partial charge in [-0.3, -0.25) is 4.79 Å². The summed E-state index contributed by atoms with van der Waals surface area (Å²) in [5.41, 5.74) is 4.25. The highest BCUT2D eigenvalue weighted by Gasteiger charge is 2.18. The number of rotatable bonds is 4. The molecule has 24 heavy (non-hydrogen) atoms. The summed E-state index contributed by atoms with van der Waals surface area (Å²) in [5, 5.41) is 4.79. The lowest BCUT2D eigenvalue weighted by Crippen LogP contribution is -2.34. The van der Waals surface area contributed by atoms with Gasteiger partial charge in [0, 0.05) is 17.0 Å². The Labute approximate surface area is 145 Å². The number of hydrogen-bond donors (Lipinski definition) is 1. The molecule has 1 aliphatic rings. The van der Waals surface area contributed by atoms with Crippen LogP contribution in [0.5, 0.6) is 11.5 Å². The van der Waals surface area contributed by atoms with E-state index in [2.05, 4.69) is 10.5 Å². The number of halogens is 1. The molecule has 0 saturated heterocycles. The van der Waals surface area contributed by atoms with E-state index >= 15 is 0 Å². The van der Waals surface area contributed by atoms with Crippen LogP contribution in [0.1, 0.15) is 18.9 Å². The largest absolute Gasteiger partial charge is 0.492 e. The summed E-state index contributed by atoms with van der Waals surface area (Å²) in [5.74, 6) is 0.987. The first kappa shape index (κ1) is 16.3. The number of nitrogens with one attached hydrogen (secondary N) is 1. The molecule has 1 N–H and O–H groups in total. The SMILES string of the molecule is C[C@H](Oc1cccc(Cl)c1)C(=O)N/N=C1/CCOc2ccccc21. The fraction of sp³-hybridized carbons (Fsp3) is 0.222. The fourth-order valence-electron chi connectivity index (χ4n) is 2.35. The number of ether oxygens (including phenoxy) is 2. The molecule has 6 heteroatoms. The third kappa shape index (κ3) is 3.86. The van der Waals surface area contributed by atoms with E-state index in [0.29, 0.717) is 23.8 Å². The van der Waals surface area contributed by atoms with Crippen LogP contribution < -0.4 is 14.9 Å². The molecule has 0 aromatic heterocycles. The van der Waals surface area contributed by atoms with Crippen molar-refractivity contribution in [2.75, 3.05) is 6.61 Å². The number of fused-ring (bicyclic) bond motifs is 1. The Morgan fingerprint density at radius 3 is 2.96 bits per heavy atom. The fourth-order valence-corrected chi connectivity index (χ4v) is 2.53. The summed E-state index contributed by atoms with van der Waals surface area (Å²) < 4.78 is 11.1. The van der Waals surface area contributed by atoms with Gasteiger partial charge in [-0.2, -0.15) is 5.10 Å². The maximum Gasteiger partial charge on any atom is 0.280 e. The van der Waals surface area contributed by atoms with Gasteiger partial charge in [-0.25, -0.2) is 5.43 Å². The van der Waals surface area contributed by atoms with Gasteiger partial charge in [0.15, 0.2) is 6.10 Å². The Kier molecular flexibility index (Phi) is 5.01. The van der Waals surface area contributed by atoms with Gasteiger partial charge in [0.2, 0.25) is 0 Å². The molecule has 0 bridgehead atoms. The molecule has 0 unspecified atom stereocenters. The Balaban J connectivity index is 1.65. The number of para-hydroxylation sites is 1. The van der Waals surface area contributed by atoms with Crippen molar-refractivity contribution in [2.24, 2.45) is 5.10 Å². The van der Waals surface area contributed by atoms with E-state index in [1.54, 1.807) is 31.2 Å². The highest BCUT2D eigenvalue weighted by molar-refractivity contribution is 6.30. The van der Waals surface area contributed by atoms with Crippen LogP contribution in [0.15, 0.2) is 53.6 Å². The number of nitrogens with zero attached hydrogens (tertiary/aromatic N) is 1. The van der Waals surface area contributed by atoms with E-state index in [9.17, 15) is 4.79 Å². The van der Waals surface area contributed by atoms with Crippen molar-refractivity contribution in [2.45, 2.75) is 19.4 Å². The molecule has 124 valence electrons. The Bertz CT molecular complexity index is 776. The molecule has 1 atom stereocenters. The summed E-state index contributed by atoms with van der Waals surface area (Å²) in [6, 6.07) is 14.5. The van der Waals surface area contributed by atoms with Crippen molar-refractivity contribution in [1.29, 1.82) is 0 Å². The van der Waals surface area contributed by atoms with E-state index in [1.165, 1.54) is 0 Å². The Morgan fingerprint density at radius 1 is 1.29 bits per heavy atom. The summed E-state index contributed by atoms with van der Waals surface area (Å²) in [7, 11) is 0. The van der Waals surface area contributed by atoms with E-state index in [1.807, 2.05) is 24.3 Å². The van der Waals surface area contributed by atoms with Crippen molar-refractivity contribution >= 4 is 23.2 Å². The molecule has 1 aliphatic heterocycles. The van der Waals surface area contributed by atoms with Gasteiger partial charge in [0.05, 0.1) is 12.3 Å². The zero-order valence-electron chi connectivity index (χ0n) is 13.2. The Hall–Kier alpha value is -2.53. The summed E-state index contributed by atoms with van der Waals surface area (Å²) in [4.78, 5) is 12.2. The lowest BCUT2D eigenvalue weighted by molar-refractivity contribution is -0.127. The van der Waals surface area contributed by atoms with Crippen molar-refractivity contribution < 1.29 is 14.3 Å². The maximum atomic E-state index is 12.2. The zero-order chi connectivity index (χ0) is 16.9. The highest BCUT2D eigenvalue weighted by atomic mass is 35.5. The summed E-state index contributed by atoms with van der Waals surface area (Å²) in [6.45, 7) is 2.20. The number of benzene rings is 2. The minimum Gasteiger partial charge on any atom is -0.492 e. The third-order valence-corrected chi connectivity index (χ3v) is 3.81. The van der Waals surface area contributed by atoms with Gasteiger partial charge < -0.3 is 9.47 Å². The van der Waals surface area contributed by atoms with Gasteiger partial charge >= 0.3 is 0 Å². The number of hydrazone groups is 1. The number of hydrogen-bond acceptors (Lipinski definition) is 4. The van der Waals surface area contributed by atoms with Crippen LogP contribution in [0, 0.1) is 0 Å². The van der Waals surface area contributed by atoms with Crippen LogP contribution in [0.2, 0.25) is 5.02 Å². The van der Waals surface area contributed by atoms with E-state index < -0.39 is 6.10 Å². The van der Waals surface area contributed by atoms with Gasteiger partial charge in [-0.05, 0) is 37.3 Å². The van der Waals surface area contributed by atoms with E-state index in [0.717, 1.165) is 17.0 Å². The minimum absolute atomic E-state index is 0.327. The summed E-state index contributed by atoms with van der Waals surface area (Å²) >= 11 is 5.90. The average molecular weight is 345 g/mol. The number of carbonyl (C=O) groups excluding carboxylic acids is 1. The van der Waals surface area contributed by atoms with Gasteiger partial charge in [-0.1, -0.05) is 29.8 Å². The predicted molar refractivity (Wildman–Crippen MR) is 92.8 cm³/mol. The van der Waals surface area contributed by atoms with Crippen LogP contribution in [0.4, 0.5) is 0 Å². The molecule has 0 spiro atoms. The van der Waals surface area contributed by atoms with Gasteiger partial charge in [0.1, 0.15) is 11.5 Å². The van der Waals surface area contributed by atoms with E-state index in [-0.39, 0.29) is 5.91 Å². The second-order valence-corrected chi connectivity index (χ2v) is 5.78. The van der Waals surface area contributed by atoms with Crippen LogP contribution in [-0.4, -0.2) is 24.3 Å². The molecule has 2 aromatic rings. The first-order chi connectivity index (χ1) is 11.6. The standard InChI is InChI=1S/C18H17ClN2O3/c1-12(24-14-6-4-5-13(19)11-14)18(22)21-20-16-9-10-23-17-8-3-2-7-15(16)17/h2-8,11-12H,9-10H2,1H3,(H,21,22)/b20-16-/t12-/m0/s1. The topological polar surface area (TPSA) is 59.9 Å². The minimum atomic E-state index is -0.692. The average Bonchev–Trinajstić information content (AvgIpc) is 2.59. The van der Waals surface area contributed by atoms with Crippen LogP contribution in [0.25, 0.3) is 0 Å². The lowest BCUT2D eigenvalue weighted by Gasteiger charge is -2.19. The van der Waals surface area contributed by atoms with Gasteiger partial charge in [-0.15, -0.1) is 0 Å². The van der Waals surface area contributed by atoms with E-state index in [4.69, 9.17) is 21.1 Å². The van der Waals surface area contributed by atoms with Crippen LogP contribution >= 0.6 is 11.6 Å². The molecule has 0 radical (unpaired) electrons. The third-order valence-electron chi connectivity index (χ3n) is 3.57. The summed E-state index contributed by atoms with van der Waals surface area (Å²) in [6.07, 6.45) is -0.0521. The monoisotopic (exact) mass is 344 g/mol. The molecule has 2 aromatic carbocycles. The number of carbonyl (C=O) groups is 1. The van der Waals surface area contributed by atoms with Crippen molar-refractivity contribution in [3.63, 3.8) is 0 Å². The van der Waals surface area contributed by atoms with Crippen LogP contribution in [0.3, 0.4) is 0 Å². The molecular weight excluding hydrogens is 328 g/mol. The van der Waals surface area contributed by atoms with Gasteiger partial charge in [0.25, 0.3) is 5.91 Å². The molecule has 0 aliphatic carbocycles. The maximum absolute atomic E-state index is 12.2. The molecule has 5 nitrogen and oxygen atoms in total. The van der Waals surface area contributed by atoms with Crippen molar-refractivity contribution in [1.82, 2.24) is 5.43 Å². The predicted octanol–water partition coefficient (Wildman–Crippen LogP) is 3.41.